The molecule has 2 aliphatic heterocycles. The Morgan fingerprint density at radius 2 is 1.85 bits per heavy atom. The molecule has 0 aromatic rings. The van der Waals surface area contributed by atoms with E-state index in [0.29, 0.717) is 6.42 Å². The number of fused-ring (bicyclic) bond motifs is 2. The summed E-state index contributed by atoms with van der Waals surface area (Å²) in [7, 11) is 0. The Bertz CT molecular complexity index is 414. The van der Waals surface area contributed by atoms with Crippen molar-refractivity contribution in [3.05, 3.63) is 0 Å². The van der Waals surface area contributed by atoms with E-state index < -0.39 is 18.0 Å². The lowest BCUT2D eigenvalue weighted by molar-refractivity contribution is -0.142. The summed E-state index contributed by atoms with van der Waals surface area (Å²) in [5.74, 6) is -1.22. The maximum atomic E-state index is 12.4. The van der Waals surface area contributed by atoms with Gasteiger partial charge in [-0.1, -0.05) is 12.8 Å². The number of aliphatic carboxylic acids is 1. The van der Waals surface area contributed by atoms with E-state index in [1.807, 2.05) is 0 Å². The van der Waals surface area contributed by atoms with Crippen LogP contribution < -0.4 is 5.32 Å². The number of carbonyl (C=O) groups excluding carboxylic acids is 1. The molecule has 0 radical (unpaired) electrons. The van der Waals surface area contributed by atoms with Gasteiger partial charge in [0.2, 0.25) is 0 Å². The lowest BCUT2D eigenvalue weighted by Crippen LogP contribution is -2.52. The topological polar surface area (TPSA) is 89.9 Å². The third-order valence-electron chi connectivity index (χ3n) is 5.13. The van der Waals surface area contributed by atoms with E-state index in [0.717, 1.165) is 38.5 Å². The number of rotatable bonds is 2. The van der Waals surface area contributed by atoms with Crippen LogP contribution >= 0.6 is 0 Å². The molecule has 6 heteroatoms. The maximum Gasteiger partial charge on any atom is 0.318 e. The number of aliphatic hydroxyl groups is 1. The molecule has 3 fully saturated rings. The number of nitrogens with one attached hydrogen (secondary N) is 1. The highest BCUT2D eigenvalue weighted by molar-refractivity contribution is 5.79. The molecule has 2 amide bonds. The minimum atomic E-state index is -0.798. The lowest BCUT2D eigenvalue weighted by Gasteiger charge is -2.31. The normalized spacial score (nSPS) is 39.9. The highest BCUT2D eigenvalue weighted by Gasteiger charge is 2.51. The van der Waals surface area contributed by atoms with Crippen molar-refractivity contribution in [2.75, 3.05) is 0 Å². The van der Waals surface area contributed by atoms with Crippen LogP contribution in [0.1, 0.15) is 44.9 Å². The van der Waals surface area contributed by atoms with Crippen LogP contribution in [0, 0.1) is 5.92 Å². The number of amides is 2. The first-order valence-corrected chi connectivity index (χ1v) is 7.57. The van der Waals surface area contributed by atoms with Gasteiger partial charge in [0.1, 0.15) is 0 Å². The van der Waals surface area contributed by atoms with Gasteiger partial charge in [0.05, 0.1) is 18.1 Å². The molecule has 112 valence electrons. The van der Waals surface area contributed by atoms with Crippen molar-refractivity contribution in [1.29, 1.82) is 0 Å². The number of hydrogen-bond donors (Lipinski definition) is 3. The van der Waals surface area contributed by atoms with Gasteiger partial charge in [-0.05, 0) is 32.1 Å². The van der Waals surface area contributed by atoms with Crippen molar-refractivity contribution >= 4 is 12.0 Å². The van der Waals surface area contributed by atoms with Gasteiger partial charge in [-0.2, -0.15) is 0 Å². The molecule has 2 heterocycles. The zero-order chi connectivity index (χ0) is 14.3. The number of carboxylic acid groups (broad SMARTS) is 1. The fraction of sp³-hybridized carbons (Fsp3) is 0.857. The number of carboxylic acids is 1. The average molecular weight is 282 g/mol. The zero-order valence-electron chi connectivity index (χ0n) is 11.5. The van der Waals surface area contributed by atoms with Gasteiger partial charge >= 0.3 is 12.0 Å². The third-order valence-corrected chi connectivity index (χ3v) is 5.13. The standard InChI is InChI=1S/C14H22N2O4/c17-12-4-2-1-3-10(12)15-14(20)16-8-5-6-11(16)9(7-8)13(18)19/h8-12,17H,1-7H2,(H,15,20)(H,18,19). The molecule has 2 saturated heterocycles. The smallest absolute Gasteiger partial charge is 0.318 e. The molecule has 1 aliphatic carbocycles. The van der Waals surface area contributed by atoms with Crippen LogP contribution in [0.5, 0.6) is 0 Å². The molecule has 5 atom stereocenters. The second-order valence-electron chi connectivity index (χ2n) is 6.29. The van der Waals surface area contributed by atoms with Crippen LogP contribution in [0.15, 0.2) is 0 Å². The molecule has 0 aromatic carbocycles. The molecular weight excluding hydrogens is 260 g/mol. The minimum Gasteiger partial charge on any atom is -0.481 e. The van der Waals surface area contributed by atoms with Crippen molar-refractivity contribution in [2.24, 2.45) is 5.92 Å². The van der Waals surface area contributed by atoms with Crippen molar-refractivity contribution in [1.82, 2.24) is 10.2 Å². The van der Waals surface area contributed by atoms with Crippen molar-refractivity contribution in [3.63, 3.8) is 0 Å². The van der Waals surface area contributed by atoms with Gasteiger partial charge < -0.3 is 20.4 Å². The monoisotopic (exact) mass is 282 g/mol. The van der Waals surface area contributed by atoms with E-state index in [9.17, 15) is 19.8 Å². The van der Waals surface area contributed by atoms with E-state index >= 15 is 0 Å². The summed E-state index contributed by atoms with van der Waals surface area (Å²) in [4.78, 5) is 25.3. The van der Waals surface area contributed by atoms with Gasteiger partial charge in [-0.25, -0.2) is 4.79 Å². The quantitative estimate of drug-likeness (QED) is 0.703. The van der Waals surface area contributed by atoms with Crippen molar-refractivity contribution < 1.29 is 19.8 Å². The van der Waals surface area contributed by atoms with Crippen LogP contribution in [0.2, 0.25) is 0 Å². The molecule has 2 bridgehead atoms. The molecule has 3 N–H and O–H groups in total. The number of aliphatic hydroxyl groups excluding tert-OH is 1. The van der Waals surface area contributed by atoms with E-state index in [2.05, 4.69) is 5.32 Å². The van der Waals surface area contributed by atoms with Crippen LogP contribution in [-0.2, 0) is 4.79 Å². The van der Waals surface area contributed by atoms with Crippen molar-refractivity contribution in [3.8, 4) is 0 Å². The molecule has 1 saturated carbocycles. The molecule has 5 unspecified atom stereocenters. The fourth-order valence-electron chi connectivity index (χ4n) is 4.08. The van der Waals surface area contributed by atoms with E-state index in [1.165, 1.54) is 0 Å². The third kappa shape index (κ3) is 2.26. The summed E-state index contributed by atoms with van der Waals surface area (Å²) in [6, 6.07) is -0.480. The average Bonchev–Trinajstić information content (AvgIpc) is 2.99. The van der Waals surface area contributed by atoms with Gasteiger partial charge in [0.15, 0.2) is 0 Å². The Labute approximate surface area is 118 Å². The molecule has 0 spiro atoms. The van der Waals surface area contributed by atoms with Crippen LogP contribution in [0.3, 0.4) is 0 Å². The number of urea groups is 1. The van der Waals surface area contributed by atoms with E-state index in [1.54, 1.807) is 4.90 Å². The summed E-state index contributed by atoms with van der Waals surface area (Å²) < 4.78 is 0. The molecule has 20 heavy (non-hydrogen) atoms. The van der Waals surface area contributed by atoms with Crippen LogP contribution in [-0.4, -0.2) is 51.3 Å². The Hall–Kier alpha value is -1.30. The summed E-state index contributed by atoms with van der Waals surface area (Å²) in [6.45, 7) is 0. The second kappa shape index (κ2) is 5.24. The van der Waals surface area contributed by atoms with Gasteiger partial charge in [-0.15, -0.1) is 0 Å². The van der Waals surface area contributed by atoms with Crippen LogP contribution in [0.25, 0.3) is 0 Å². The van der Waals surface area contributed by atoms with E-state index in [-0.39, 0.29) is 24.2 Å². The van der Waals surface area contributed by atoms with Gasteiger partial charge in [-0.3, -0.25) is 4.79 Å². The van der Waals surface area contributed by atoms with Crippen LogP contribution in [0.4, 0.5) is 4.79 Å². The maximum absolute atomic E-state index is 12.4. The fourth-order valence-corrected chi connectivity index (χ4v) is 4.08. The molecule has 3 rings (SSSR count). The molecule has 0 aromatic heterocycles. The summed E-state index contributed by atoms with van der Waals surface area (Å²) in [5, 5.41) is 22.0. The Balaban J connectivity index is 1.64. The number of hydrogen-bond acceptors (Lipinski definition) is 3. The molecule has 3 aliphatic rings. The van der Waals surface area contributed by atoms with Gasteiger partial charge in [0.25, 0.3) is 0 Å². The minimum absolute atomic E-state index is 0.0573. The first-order valence-electron chi connectivity index (χ1n) is 7.57. The first kappa shape index (κ1) is 13.7. The molecular formula is C14H22N2O4. The zero-order valence-corrected chi connectivity index (χ0v) is 11.5. The molecule has 6 nitrogen and oxygen atoms in total. The highest BCUT2D eigenvalue weighted by Crippen LogP contribution is 2.41. The predicted octanol–water partition coefficient (Wildman–Crippen LogP) is 0.937. The number of nitrogens with zero attached hydrogens (tertiary/aromatic N) is 1. The lowest BCUT2D eigenvalue weighted by atomic mass is 9.89. The highest BCUT2D eigenvalue weighted by atomic mass is 16.4. The van der Waals surface area contributed by atoms with Crippen molar-refractivity contribution in [2.45, 2.75) is 69.2 Å². The SMILES string of the molecule is O=C(O)C1CC2CCC1N2C(=O)NC1CCCCC1O. The Morgan fingerprint density at radius 3 is 2.50 bits per heavy atom. The largest absolute Gasteiger partial charge is 0.481 e. The predicted molar refractivity (Wildman–Crippen MR) is 71.2 cm³/mol. The second-order valence-corrected chi connectivity index (χ2v) is 6.29. The first-order chi connectivity index (χ1) is 9.58. The van der Waals surface area contributed by atoms with E-state index in [4.69, 9.17) is 0 Å². The Morgan fingerprint density at radius 1 is 1.10 bits per heavy atom. The van der Waals surface area contributed by atoms with Gasteiger partial charge in [0, 0.05) is 12.1 Å². The Kier molecular flexibility index (Phi) is 3.58. The number of carbonyl (C=O) groups is 2. The summed E-state index contributed by atoms with van der Waals surface area (Å²) in [5.41, 5.74) is 0. The summed E-state index contributed by atoms with van der Waals surface area (Å²) >= 11 is 0. The summed E-state index contributed by atoms with van der Waals surface area (Å²) in [6.07, 6.45) is 5.34.